The summed E-state index contributed by atoms with van der Waals surface area (Å²) in [7, 11) is 0. The SMILES string of the molecule is CCN(CCC(=O)O)C1CC(=O)N(C2CC2)C1=O. The van der Waals surface area contributed by atoms with Gasteiger partial charge >= 0.3 is 5.97 Å². The second kappa shape index (κ2) is 5.06. The molecule has 1 aliphatic carbocycles. The number of aliphatic carboxylic acids is 1. The third-order valence-electron chi connectivity index (χ3n) is 3.53. The number of carbonyl (C=O) groups excluding carboxylic acids is 2. The van der Waals surface area contributed by atoms with E-state index in [1.54, 1.807) is 4.90 Å². The molecule has 0 aromatic carbocycles. The number of rotatable bonds is 6. The van der Waals surface area contributed by atoms with E-state index in [0.29, 0.717) is 13.1 Å². The highest BCUT2D eigenvalue weighted by molar-refractivity contribution is 6.06. The molecule has 0 aromatic rings. The van der Waals surface area contributed by atoms with Gasteiger partial charge in [0.1, 0.15) is 0 Å². The van der Waals surface area contributed by atoms with E-state index in [1.807, 2.05) is 6.92 Å². The maximum Gasteiger partial charge on any atom is 0.304 e. The van der Waals surface area contributed by atoms with E-state index in [4.69, 9.17) is 5.11 Å². The molecular formula is C12H18N2O4. The Morgan fingerprint density at radius 3 is 2.61 bits per heavy atom. The van der Waals surface area contributed by atoms with Crippen LogP contribution < -0.4 is 0 Å². The van der Waals surface area contributed by atoms with Crippen molar-refractivity contribution in [2.75, 3.05) is 13.1 Å². The first-order valence-electron chi connectivity index (χ1n) is 6.36. The fourth-order valence-corrected chi connectivity index (χ4v) is 2.41. The van der Waals surface area contributed by atoms with Crippen LogP contribution in [-0.4, -0.2) is 57.9 Å². The van der Waals surface area contributed by atoms with Crippen molar-refractivity contribution in [3.8, 4) is 0 Å². The Bertz CT molecular complexity index is 378. The molecule has 1 saturated carbocycles. The van der Waals surface area contributed by atoms with Crippen molar-refractivity contribution in [2.45, 2.75) is 44.7 Å². The first-order chi connectivity index (χ1) is 8.54. The quantitative estimate of drug-likeness (QED) is 0.679. The van der Waals surface area contributed by atoms with Crippen molar-refractivity contribution in [1.29, 1.82) is 0 Å². The Hall–Kier alpha value is -1.43. The van der Waals surface area contributed by atoms with Crippen molar-refractivity contribution < 1.29 is 19.5 Å². The molecule has 1 heterocycles. The molecule has 2 aliphatic rings. The van der Waals surface area contributed by atoms with Crippen molar-refractivity contribution in [3.63, 3.8) is 0 Å². The summed E-state index contributed by atoms with van der Waals surface area (Å²) < 4.78 is 0. The van der Waals surface area contributed by atoms with Crippen LogP contribution in [0.5, 0.6) is 0 Å². The topological polar surface area (TPSA) is 77.9 Å². The molecule has 18 heavy (non-hydrogen) atoms. The van der Waals surface area contributed by atoms with Gasteiger partial charge in [-0.15, -0.1) is 0 Å². The molecule has 100 valence electrons. The first kappa shape index (κ1) is 13.0. The first-order valence-corrected chi connectivity index (χ1v) is 6.36. The van der Waals surface area contributed by atoms with E-state index in [2.05, 4.69) is 0 Å². The predicted molar refractivity (Wildman–Crippen MR) is 62.8 cm³/mol. The zero-order valence-corrected chi connectivity index (χ0v) is 10.5. The van der Waals surface area contributed by atoms with Gasteiger partial charge in [0.15, 0.2) is 0 Å². The zero-order valence-electron chi connectivity index (χ0n) is 10.5. The van der Waals surface area contributed by atoms with Crippen LogP contribution >= 0.6 is 0 Å². The van der Waals surface area contributed by atoms with Crippen LogP contribution in [0.2, 0.25) is 0 Å². The third-order valence-corrected chi connectivity index (χ3v) is 3.53. The molecule has 1 atom stereocenters. The van der Waals surface area contributed by atoms with Crippen LogP contribution in [0.1, 0.15) is 32.6 Å². The normalized spacial score (nSPS) is 24.1. The molecular weight excluding hydrogens is 236 g/mol. The van der Waals surface area contributed by atoms with Crippen LogP contribution in [0.4, 0.5) is 0 Å². The molecule has 1 saturated heterocycles. The van der Waals surface area contributed by atoms with Gasteiger partial charge in [-0.2, -0.15) is 0 Å². The molecule has 0 aromatic heterocycles. The fourth-order valence-electron chi connectivity index (χ4n) is 2.41. The largest absolute Gasteiger partial charge is 0.481 e. The summed E-state index contributed by atoms with van der Waals surface area (Å²) in [6, 6.07) is -0.351. The lowest BCUT2D eigenvalue weighted by atomic mass is 10.2. The minimum atomic E-state index is -0.885. The van der Waals surface area contributed by atoms with Gasteiger partial charge in [-0.25, -0.2) is 0 Å². The summed E-state index contributed by atoms with van der Waals surface area (Å²) in [5, 5.41) is 8.68. The maximum atomic E-state index is 12.2. The van der Waals surface area contributed by atoms with Gasteiger partial charge in [0.2, 0.25) is 11.8 Å². The summed E-state index contributed by atoms with van der Waals surface area (Å²) in [6.07, 6.45) is 2.01. The Balaban J connectivity index is 2.00. The highest BCUT2D eigenvalue weighted by atomic mass is 16.4. The summed E-state index contributed by atoms with van der Waals surface area (Å²) in [5.41, 5.74) is 0. The fraction of sp³-hybridized carbons (Fsp3) is 0.750. The summed E-state index contributed by atoms with van der Waals surface area (Å²) in [5.74, 6) is -1.14. The van der Waals surface area contributed by atoms with Gasteiger partial charge in [0, 0.05) is 12.6 Å². The van der Waals surface area contributed by atoms with Crippen molar-refractivity contribution >= 4 is 17.8 Å². The molecule has 1 N–H and O–H groups in total. The van der Waals surface area contributed by atoms with Gasteiger partial charge < -0.3 is 5.11 Å². The Labute approximate surface area is 106 Å². The van der Waals surface area contributed by atoms with Gasteiger partial charge in [-0.05, 0) is 19.4 Å². The number of likely N-dealkylation sites (tertiary alicyclic amines) is 1. The highest BCUT2D eigenvalue weighted by Gasteiger charge is 2.47. The average Bonchev–Trinajstić information content (AvgIpc) is 3.08. The second-order valence-electron chi connectivity index (χ2n) is 4.83. The molecule has 6 nitrogen and oxygen atoms in total. The summed E-state index contributed by atoms with van der Waals surface area (Å²) in [4.78, 5) is 37.7. The summed E-state index contributed by atoms with van der Waals surface area (Å²) in [6.45, 7) is 2.77. The molecule has 0 bridgehead atoms. The van der Waals surface area contributed by atoms with E-state index in [9.17, 15) is 14.4 Å². The van der Waals surface area contributed by atoms with Crippen LogP contribution in [-0.2, 0) is 14.4 Å². The van der Waals surface area contributed by atoms with Gasteiger partial charge in [-0.1, -0.05) is 6.92 Å². The number of hydrogen-bond acceptors (Lipinski definition) is 4. The molecule has 0 spiro atoms. The molecule has 1 unspecified atom stereocenters. The molecule has 2 fully saturated rings. The molecule has 1 aliphatic heterocycles. The van der Waals surface area contributed by atoms with Crippen LogP contribution in [0.3, 0.4) is 0 Å². The lowest BCUT2D eigenvalue weighted by molar-refractivity contribution is -0.142. The van der Waals surface area contributed by atoms with Crippen LogP contribution in [0.25, 0.3) is 0 Å². The van der Waals surface area contributed by atoms with Crippen molar-refractivity contribution in [2.24, 2.45) is 0 Å². The second-order valence-corrected chi connectivity index (χ2v) is 4.83. The van der Waals surface area contributed by atoms with E-state index >= 15 is 0 Å². The van der Waals surface area contributed by atoms with Gasteiger partial charge in [0.25, 0.3) is 0 Å². The lowest BCUT2D eigenvalue weighted by Crippen LogP contribution is -2.43. The van der Waals surface area contributed by atoms with Crippen LogP contribution in [0, 0.1) is 0 Å². The Kier molecular flexibility index (Phi) is 3.65. The van der Waals surface area contributed by atoms with E-state index in [-0.39, 0.29) is 30.7 Å². The van der Waals surface area contributed by atoms with E-state index < -0.39 is 12.0 Å². The lowest BCUT2D eigenvalue weighted by Gasteiger charge is -2.25. The Morgan fingerprint density at radius 1 is 1.44 bits per heavy atom. The zero-order chi connectivity index (χ0) is 13.3. The van der Waals surface area contributed by atoms with Gasteiger partial charge in [-0.3, -0.25) is 24.2 Å². The van der Waals surface area contributed by atoms with E-state index in [1.165, 1.54) is 4.90 Å². The Morgan fingerprint density at radius 2 is 2.11 bits per heavy atom. The number of nitrogens with zero attached hydrogens (tertiary/aromatic N) is 2. The smallest absolute Gasteiger partial charge is 0.304 e. The minimum absolute atomic E-state index is 0.00472. The highest BCUT2D eigenvalue weighted by Crippen LogP contribution is 2.32. The molecule has 2 amide bonds. The third kappa shape index (κ3) is 2.53. The van der Waals surface area contributed by atoms with E-state index in [0.717, 1.165) is 12.8 Å². The summed E-state index contributed by atoms with van der Waals surface area (Å²) >= 11 is 0. The molecule has 6 heteroatoms. The standard InChI is InChI=1S/C12H18N2O4/c1-2-13(6-5-11(16)17)9-7-10(15)14(12(9)18)8-3-4-8/h8-9H,2-7H2,1H3,(H,16,17). The number of hydrogen-bond donors (Lipinski definition) is 1. The van der Waals surface area contributed by atoms with Crippen LogP contribution in [0.15, 0.2) is 0 Å². The van der Waals surface area contributed by atoms with Gasteiger partial charge in [0.05, 0.1) is 18.9 Å². The number of carboxylic acids is 1. The number of imide groups is 1. The van der Waals surface area contributed by atoms with Crippen molar-refractivity contribution in [3.05, 3.63) is 0 Å². The maximum absolute atomic E-state index is 12.2. The molecule has 0 radical (unpaired) electrons. The molecule has 2 rings (SSSR count). The van der Waals surface area contributed by atoms with Crippen molar-refractivity contribution in [1.82, 2.24) is 9.80 Å². The number of likely N-dealkylation sites (N-methyl/N-ethyl adjacent to an activating group) is 1. The number of amides is 2. The predicted octanol–water partition coefficient (Wildman–Crippen LogP) is 0.0729. The minimum Gasteiger partial charge on any atom is -0.481 e. The number of carbonyl (C=O) groups is 3. The number of carboxylic acid groups (broad SMARTS) is 1. The average molecular weight is 254 g/mol. The monoisotopic (exact) mass is 254 g/mol.